The van der Waals surface area contributed by atoms with Crippen molar-refractivity contribution in [3.63, 3.8) is 0 Å². The van der Waals surface area contributed by atoms with Crippen molar-refractivity contribution in [1.29, 1.82) is 0 Å². The van der Waals surface area contributed by atoms with E-state index in [0.717, 1.165) is 15.7 Å². The molecule has 150 valence electrons. The van der Waals surface area contributed by atoms with E-state index in [1.54, 1.807) is 26.4 Å². The molecule has 4 rings (SSSR count). The van der Waals surface area contributed by atoms with Gasteiger partial charge < -0.3 is 19.5 Å². The van der Waals surface area contributed by atoms with Crippen LogP contribution < -0.4 is 19.5 Å². The van der Waals surface area contributed by atoms with Gasteiger partial charge in [-0.05, 0) is 30.5 Å². The van der Waals surface area contributed by atoms with Crippen LogP contribution in [0.15, 0.2) is 40.0 Å². The Morgan fingerprint density at radius 2 is 2.00 bits per heavy atom. The van der Waals surface area contributed by atoms with Crippen molar-refractivity contribution in [1.82, 2.24) is 15.2 Å². The van der Waals surface area contributed by atoms with Crippen molar-refractivity contribution < 1.29 is 14.2 Å². The number of anilines is 1. The quantitative estimate of drug-likeness (QED) is 0.495. The first-order chi connectivity index (χ1) is 14.0. The maximum absolute atomic E-state index is 6.32. The molecule has 0 radical (unpaired) electrons. The van der Waals surface area contributed by atoms with E-state index < -0.39 is 6.23 Å². The number of hydrogen-bond acceptors (Lipinski definition) is 8. The zero-order valence-electron chi connectivity index (χ0n) is 15.7. The Kier molecular flexibility index (Phi) is 5.71. The predicted octanol–water partition coefficient (Wildman–Crippen LogP) is 5.20. The molecule has 1 aromatic heterocycles. The zero-order chi connectivity index (χ0) is 20.5. The Bertz CT molecular complexity index is 1090. The highest BCUT2D eigenvalue weighted by molar-refractivity contribution is 9.10. The first kappa shape index (κ1) is 20.1. The minimum absolute atomic E-state index is 0.361. The van der Waals surface area contributed by atoms with E-state index in [2.05, 4.69) is 36.4 Å². The molecule has 1 atom stereocenters. The average molecular weight is 496 g/mol. The van der Waals surface area contributed by atoms with Crippen LogP contribution in [0, 0.1) is 0 Å². The highest BCUT2D eigenvalue weighted by Gasteiger charge is 2.29. The van der Waals surface area contributed by atoms with Gasteiger partial charge in [-0.2, -0.15) is 4.98 Å². The fourth-order valence-corrected chi connectivity index (χ4v) is 3.93. The van der Waals surface area contributed by atoms with Gasteiger partial charge in [0.25, 0.3) is 0 Å². The van der Waals surface area contributed by atoms with Crippen LogP contribution in [-0.4, -0.2) is 35.7 Å². The van der Waals surface area contributed by atoms with Crippen LogP contribution >= 0.6 is 39.3 Å². The van der Waals surface area contributed by atoms with Gasteiger partial charge in [0.05, 0.1) is 19.8 Å². The lowest BCUT2D eigenvalue weighted by Crippen LogP contribution is -2.18. The molecule has 0 fully saturated rings. The van der Waals surface area contributed by atoms with Gasteiger partial charge in [-0.15, -0.1) is 10.2 Å². The molecule has 1 N–H and O–H groups in total. The molecule has 3 aromatic rings. The molecule has 1 aliphatic heterocycles. The number of aromatic nitrogens is 3. The van der Waals surface area contributed by atoms with Crippen LogP contribution in [0.2, 0.25) is 5.02 Å². The van der Waals surface area contributed by atoms with Gasteiger partial charge >= 0.3 is 0 Å². The topological polar surface area (TPSA) is 78.4 Å². The molecule has 1 aliphatic rings. The number of benzene rings is 2. The van der Waals surface area contributed by atoms with Crippen LogP contribution in [0.1, 0.15) is 11.8 Å². The average Bonchev–Trinajstić information content (AvgIpc) is 2.88. The number of thioether (sulfide) groups is 1. The van der Waals surface area contributed by atoms with Crippen molar-refractivity contribution >= 4 is 45.0 Å². The summed E-state index contributed by atoms with van der Waals surface area (Å²) in [6.45, 7) is 0. The standard InChI is InChI=1S/C19H16BrClN4O3S/c1-26-14-8-10(21)7-12(16(14)27-2)17-22-13-5-4-9(20)6-11(13)15-18(28-17)23-19(29-3)25-24-15/h4-8,17,22H,1-3H3. The van der Waals surface area contributed by atoms with Crippen molar-refractivity contribution in [2.75, 3.05) is 25.8 Å². The van der Waals surface area contributed by atoms with Crippen LogP contribution in [-0.2, 0) is 0 Å². The molecule has 0 bridgehead atoms. The SMILES string of the molecule is COc1cc(Cl)cc(C2Nc3ccc(Br)cc3-c3nnc(SC)nc3O2)c1OC. The predicted molar refractivity (Wildman–Crippen MR) is 116 cm³/mol. The van der Waals surface area contributed by atoms with Gasteiger partial charge in [-0.3, -0.25) is 0 Å². The molecule has 0 aliphatic carbocycles. The lowest BCUT2D eigenvalue weighted by atomic mass is 10.1. The van der Waals surface area contributed by atoms with Crippen LogP contribution in [0.25, 0.3) is 11.3 Å². The Morgan fingerprint density at radius 3 is 2.72 bits per heavy atom. The zero-order valence-corrected chi connectivity index (χ0v) is 18.9. The molecule has 2 heterocycles. The Labute approximate surface area is 185 Å². The summed E-state index contributed by atoms with van der Waals surface area (Å²) in [5.41, 5.74) is 2.84. The van der Waals surface area contributed by atoms with Crippen molar-refractivity contribution in [2.45, 2.75) is 11.4 Å². The number of nitrogens with zero attached hydrogens (tertiary/aromatic N) is 3. The monoisotopic (exact) mass is 494 g/mol. The lowest BCUT2D eigenvalue weighted by molar-refractivity contribution is 0.218. The van der Waals surface area contributed by atoms with Crippen molar-refractivity contribution in [3.8, 4) is 28.6 Å². The summed E-state index contributed by atoms with van der Waals surface area (Å²) >= 11 is 11.2. The third-order valence-corrected chi connectivity index (χ3v) is 5.58. The van der Waals surface area contributed by atoms with Crippen LogP contribution in [0.5, 0.6) is 17.4 Å². The number of ether oxygens (including phenoxy) is 3. The Balaban J connectivity index is 1.92. The number of rotatable bonds is 4. The summed E-state index contributed by atoms with van der Waals surface area (Å²) in [5, 5.41) is 12.9. The summed E-state index contributed by atoms with van der Waals surface area (Å²) in [6, 6.07) is 9.27. The molecule has 2 aromatic carbocycles. The molecule has 0 saturated heterocycles. The molecule has 0 saturated carbocycles. The summed E-state index contributed by atoms with van der Waals surface area (Å²) in [7, 11) is 3.13. The van der Waals surface area contributed by atoms with Crippen molar-refractivity contribution in [2.24, 2.45) is 0 Å². The normalized spacial score (nSPS) is 14.7. The van der Waals surface area contributed by atoms with Gasteiger partial charge in [0.1, 0.15) is 0 Å². The minimum atomic E-state index is -0.648. The summed E-state index contributed by atoms with van der Waals surface area (Å²) in [6.07, 6.45) is 1.23. The molecule has 0 amide bonds. The third-order valence-electron chi connectivity index (χ3n) is 4.33. The first-order valence-electron chi connectivity index (χ1n) is 8.47. The van der Waals surface area contributed by atoms with E-state index in [1.807, 2.05) is 24.5 Å². The van der Waals surface area contributed by atoms with E-state index in [-0.39, 0.29) is 0 Å². The molecule has 10 heteroatoms. The summed E-state index contributed by atoms with van der Waals surface area (Å²) in [4.78, 5) is 4.52. The van der Waals surface area contributed by atoms with E-state index in [1.165, 1.54) is 11.8 Å². The number of halogens is 2. The second kappa shape index (κ2) is 8.25. The van der Waals surface area contributed by atoms with Crippen LogP contribution in [0.3, 0.4) is 0 Å². The fourth-order valence-electron chi connectivity index (χ4n) is 3.05. The number of nitrogens with one attached hydrogen (secondary N) is 1. The number of methoxy groups -OCH3 is 2. The number of hydrogen-bond donors (Lipinski definition) is 1. The third kappa shape index (κ3) is 3.82. The molecular weight excluding hydrogens is 480 g/mol. The van der Waals surface area contributed by atoms with Gasteiger partial charge in [0.2, 0.25) is 17.3 Å². The highest BCUT2D eigenvalue weighted by Crippen LogP contribution is 2.44. The molecule has 0 spiro atoms. The smallest absolute Gasteiger partial charge is 0.247 e. The maximum Gasteiger partial charge on any atom is 0.247 e. The summed E-state index contributed by atoms with van der Waals surface area (Å²) < 4.78 is 18.2. The highest BCUT2D eigenvalue weighted by atomic mass is 79.9. The molecule has 29 heavy (non-hydrogen) atoms. The molecule has 7 nitrogen and oxygen atoms in total. The fraction of sp³-hybridized carbons (Fsp3) is 0.211. The second-order valence-electron chi connectivity index (χ2n) is 6.01. The van der Waals surface area contributed by atoms with E-state index in [0.29, 0.717) is 38.8 Å². The number of fused-ring (bicyclic) bond motifs is 3. The van der Waals surface area contributed by atoms with Gasteiger partial charge in [0, 0.05) is 26.8 Å². The lowest BCUT2D eigenvalue weighted by Gasteiger charge is -2.22. The van der Waals surface area contributed by atoms with E-state index in [4.69, 9.17) is 25.8 Å². The largest absolute Gasteiger partial charge is 0.493 e. The van der Waals surface area contributed by atoms with Crippen LogP contribution in [0.4, 0.5) is 5.69 Å². The maximum atomic E-state index is 6.32. The van der Waals surface area contributed by atoms with E-state index in [9.17, 15) is 0 Å². The Hall–Kier alpha value is -2.23. The summed E-state index contributed by atoms with van der Waals surface area (Å²) in [5.74, 6) is 1.38. The Morgan fingerprint density at radius 1 is 1.17 bits per heavy atom. The molecular formula is C19H16BrClN4O3S. The van der Waals surface area contributed by atoms with E-state index >= 15 is 0 Å². The van der Waals surface area contributed by atoms with Gasteiger partial charge in [0.15, 0.2) is 17.2 Å². The van der Waals surface area contributed by atoms with Gasteiger partial charge in [-0.25, -0.2) is 0 Å². The first-order valence-corrected chi connectivity index (χ1v) is 10.9. The van der Waals surface area contributed by atoms with Crippen molar-refractivity contribution in [3.05, 3.63) is 45.4 Å². The molecule has 1 unspecified atom stereocenters. The minimum Gasteiger partial charge on any atom is -0.493 e. The second-order valence-corrected chi connectivity index (χ2v) is 8.14. The van der Waals surface area contributed by atoms with Gasteiger partial charge in [-0.1, -0.05) is 39.3 Å².